The Morgan fingerprint density at radius 3 is 2.55 bits per heavy atom. The van der Waals surface area contributed by atoms with Gasteiger partial charge in [0.2, 0.25) is 0 Å². The van der Waals surface area contributed by atoms with Crippen LogP contribution in [0.25, 0.3) is 0 Å². The molecule has 0 bridgehead atoms. The van der Waals surface area contributed by atoms with Crippen LogP contribution in [0.3, 0.4) is 0 Å². The molecule has 20 heavy (non-hydrogen) atoms. The molecule has 0 unspecified atom stereocenters. The number of hydrogen-bond donors (Lipinski definition) is 3. The van der Waals surface area contributed by atoms with E-state index in [1.165, 1.54) is 0 Å². The lowest BCUT2D eigenvalue weighted by molar-refractivity contribution is -0.139. The summed E-state index contributed by atoms with van der Waals surface area (Å²) in [6, 6.07) is -1.36. The number of urea groups is 1. The number of nitrogens with zero attached hydrogens (tertiary/aromatic N) is 2. The smallest absolute Gasteiger partial charge is 0.326 e. The van der Waals surface area contributed by atoms with Crippen LogP contribution in [0.2, 0.25) is 0 Å². The van der Waals surface area contributed by atoms with Crippen LogP contribution in [0.1, 0.15) is 31.5 Å². The molecule has 7 nitrogen and oxygen atoms in total. The Labute approximate surface area is 118 Å². The molecule has 0 spiro atoms. The normalized spacial score (nSPS) is 12.2. The predicted octanol–water partition coefficient (Wildman–Crippen LogP) is 1.03. The van der Waals surface area contributed by atoms with E-state index in [0.29, 0.717) is 13.0 Å². The summed E-state index contributed by atoms with van der Waals surface area (Å²) in [6.45, 7) is 6.00. The Kier molecular flexibility index (Phi) is 5.54. The summed E-state index contributed by atoms with van der Waals surface area (Å²) < 4.78 is 1.67. The lowest BCUT2D eigenvalue weighted by atomic mass is 10.0. The zero-order valence-corrected chi connectivity index (χ0v) is 12.3. The SMILES string of the molecule is Cc1nn(C)cc1CNC(=O)N[C@H](CC(C)C)C(=O)O. The second kappa shape index (κ2) is 6.93. The lowest BCUT2D eigenvalue weighted by Crippen LogP contribution is -2.46. The number of aliphatic carboxylic acids is 1. The van der Waals surface area contributed by atoms with E-state index in [1.54, 1.807) is 11.7 Å². The summed E-state index contributed by atoms with van der Waals surface area (Å²) in [5.41, 5.74) is 1.74. The van der Waals surface area contributed by atoms with E-state index in [4.69, 9.17) is 5.11 Å². The van der Waals surface area contributed by atoms with Crippen molar-refractivity contribution in [1.29, 1.82) is 0 Å². The number of carbonyl (C=O) groups is 2. The Hall–Kier alpha value is -2.05. The van der Waals surface area contributed by atoms with Crippen molar-refractivity contribution in [3.8, 4) is 0 Å². The quantitative estimate of drug-likeness (QED) is 0.726. The molecule has 1 atom stereocenters. The van der Waals surface area contributed by atoms with Gasteiger partial charge in [-0.15, -0.1) is 0 Å². The van der Waals surface area contributed by atoms with Gasteiger partial charge in [0.15, 0.2) is 0 Å². The van der Waals surface area contributed by atoms with Gasteiger partial charge in [-0.05, 0) is 19.3 Å². The molecular formula is C13H22N4O3. The fraction of sp³-hybridized carbons (Fsp3) is 0.615. The molecule has 1 aromatic rings. The van der Waals surface area contributed by atoms with Crippen LogP contribution >= 0.6 is 0 Å². The van der Waals surface area contributed by atoms with Gasteiger partial charge >= 0.3 is 12.0 Å². The van der Waals surface area contributed by atoms with Gasteiger partial charge in [-0.25, -0.2) is 9.59 Å². The van der Waals surface area contributed by atoms with E-state index in [1.807, 2.05) is 27.0 Å². The van der Waals surface area contributed by atoms with Crippen LogP contribution in [0.5, 0.6) is 0 Å². The molecule has 0 aliphatic rings. The first-order valence-electron chi connectivity index (χ1n) is 6.56. The molecule has 0 saturated heterocycles. The fourth-order valence-electron chi connectivity index (χ4n) is 1.90. The Morgan fingerprint density at radius 2 is 2.10 bits per heavy atom. The molecule has 3 N–H and O–H groups in total. The summed E-state index contributed by atoms with van der Waals surface area (Å²) in [5.74, 6) is -0.830. The molecule has 1 heterocycles. The minimum Gasteiger partial charge on any atom is -0.480 e. The van der Waals surface area contributed by atoms with Gasteiger partial charge in [-0.1, -0.05) is 13.8 Å². The van der Waals surface area contributed by atoms with Gasteiger partial charge in [0, 0.05) is 25.4 Å². The molecule has 0 aliphatic carbocycles. The van der Waals surface area contributed by atoms with Crippen LogP contribution in [-0.4, -0.2) is 32.9 Å². The van der Waals surface area contributed by atoms with Crippen molar-refractivity contribution in [1.82, 2.24) is 20.4 Å². The largest absolute Gasteiger partial charge is 0.480 e. The van der Waals surface area contributed by atoms with Crippen LogP contribution in [0.15, 0.2) is 6.20 Å². The highest BCUT2D eigenvalue weighted by molar-refractivity contribution is 5.82. The first-order chi connectivity index (χ1) is 9.29. The molecule has 0 fully saturated rings. The molecule has 0 radical (unpaired) electrons. The maximum atomic E-state index is 11.7. The van der Waals surface area contributed by atoms with Gasteiger partial charge in [0.1, 0.15) is 6.04 Å². The number of rotatable bonds is 6. The molecule has 0 saturated carbocycles. The predicted molar refractivity (Wildman–Crippen MR) is 74.2 cm³/mol. The van der Waals surface area contributed by atoms with E-state index in [0.717, 1.165) is 11.3 Å². The van der Waals surface area contributed by atoms with E-state index < -0.39 is 18.0 Å². The number of carboxylic acid groups (broad SMARTS) is 1. The van der Waals surface area contributed by atoms with Crippen molar-refractivity contribution in [2.45, 2.75) is 39.8 Å². The Balaban J connectivity index is 2.50. The number of amides is 2. The van der Waals surface area contributed by atoms with Crippen molar-refractivity contribution in [2.75, 3.05) is 0 Å². The monoisotopic (exact) mass is 282 g/mol. The lowest BCUT2D eigenvalue weighted by Gasteiger charge is -2.16. The van der Waals surface area contributed by atoms with Gasteiger partial charge in [0.25, 0.3) is 0 Å². The summed E-state index contributed by atoms with van der Waals surface area (Å²) in [7, 11) is 1.81. The Bertz CT molecular complexity index is 482. The van der Waals surface area contributed by atoms with E-state index in [2.05, 4.69) is 15.7 Å². The third-order valence-corrected chi connectivity index (χ3v) is 2.87. The van der Waals surface area contributed by atoms with Crippen molar-refractivity contribution < 1.29 is 14.7 Å². The number of aryl methyl sites for hydroxylation is 2. The summed E-state index contributed by atoms with van der Waals surface area (Å²) in [4.78, 5) is 22.8. The third kappa shape index (κ3) is 4.91. The molecule has 1 rings (SSSR count). The summed E-state index contributed by atoms with van der Waals surface area (Å²) in [5, 5.41) is 18.3. The van der Waals surface area contributed by atoms with Crippen molar-refractivity contribution in [3.63, 3.8) is 0 Å². The summed E-state index contributed by atoms with van der Waals surface area (Å²) >= 11 is 0. The first kappa shape index (κ1) is 16.0. The maximum absolute atomic E-state index is 11.7. The number of nitrogens with one attached hydrogen (secondary N) is 2. The van der Waals surface area contributed by atoms with Gasteiger partial charge in [0.05, 0.1) is 5.69 Å². The Morgan fingerprint density at radius 1 is 1.45 bits per heavy atom. The van der Waals surface area contributed by atoms with Crippen LogP contribution < -0.4 is 10.6 Å². The standard InChI is InChI=1S/C13H22N4O3/c1-8(2)5-11(12(18)19)15-13(20)14-6-10-7-17(4)16-9(10)3/h7-8,11H,5-6H2,1-4H3,(H,18,19)(H2,14,15,20)/t11-/m1/s1. The van der Waals surface area contributed by atoms with Crippen LogP contribution in [0.4, 0.5) is 4.79 Å². The number of hydrogen-bond acceptors (Lipinski definition) is 3. The topological polar surface area (TPSA) is 96.3 Å². The fourth-order valence-corrected chi connectivity index (χ4v) is 1.90. The average molecular weight is 282 g/mol. The molecule has 112 valence electrons. The highest BCUT2D eigenvalue weighted by Gasteiger charge is 2.20. The molecule has 2 amide bonds. The van der Waals surface area contributed by atoms with E-state index in [-0.39, 0.29) is 5.92 Å². The van der Waals surface area contributed by atoms with Crippen LogP contribution in [0, 0.1) is 12.8 Å². The third-order valence-electron chi connectivity index (χ3n) is 2.87. The van der Waals surface area contributed by atoms with Gasteiger partial charge < -0.3 is 15.7 Å². The summed E-state index contributed by atoms with van der Waals surface area (Å²) in [6.07, 6.45) is 2.22. The van der Waals surface area contributed by atoms with Crippen molar-refractivity contribution in [3.05, 3.63) is 17.5 Å². The van der Waals surface area contributed by atoms with E-state index >= 15 is 0 Å². The number of aromatic nitrogens is 2. The maximum Gasteiger partial charge on any atom is 0.326 e. The average Bonchev–Trinajstić information content (AvgIpc) is 2.63. The van der Waals surface area contributed by atoms with Gasteiger partial charge in [-0.3, -0.25) is 4.68 Å². The minimum absolute atomic E-state index is 0.192. The first-order valence-corrected chi connectivity index (χ1v) is 6.56. The second-order valence-corrected chi connectivity index (χ2v) is 5.26. The molecule has 1 aromatic heterocycles. The molecular weight excluding hydrogens is 260 g/mol. The van der Waals surface area contributed by atoms with Gasteiger partial charge in [-0.2, -0.15) is 5.10 Å². The highest BCUT2D eigenvalue weighted by atomic mass is 16.4. The second-order valence-electron chi connectivity index (χ2n) is 5.26. The van der Waals surface area contributed by atoms with Crippen LogP contribution in [-0.2, 0) is 18.4 Å². The zero-order valence-electron chi connectivity index (χ0n) is 12.3. The number of carboxylic acids is 1. The van der Waals surface area contributed by atoms with Crippen molar-refractivity contribution >= 4 is 12.0 Å². The van der Waals surface area contributed by atoms with E-state index in [9.17, 15) is 9.59 Å². The minimum atomic E-state index is -1.02. The number of carbonyl (C=O) groups excluding carboxylic acids is 1. The molecule has 7 heteroatoms. The van der Waals surface area contributed by atoms with Crippen molar-refractivity contribution in [2.24, 2.45) is 13.0 Å². The highest BCUT2D eigenvalue weighted by Crippen LogP contribution is 2.06. The zero-order chi connectivity index (χ0) is 15.3. The molecule has 0 aliphatic heterocycles. The molecule has 0 aromatic carbocycles.